The molecule has 5 rings (SSSR count). The third kappa shape index (κ3) is 5.21. The first-order valence-electron chi connectivity index (χ1n) is 14.0. The van der Waals surface area contributed by atoms with Crippen molar-refractivity contribution in [2.75, 3.05) is 50.4 Å². The first-order chi connectivity index (χ1) is 19.2. The minimum atomic E-state index is -0.119. The number of fused-ring (bicyclic) bond motifs is 1. The molecule has 2 aliphatic heterocycles. The smallest absolute Gasteiger partial charge is 0.252 e. The van der Waals surface area contributed by atoms with E-state index in [1.54, 1.807) is 10.6 Å². The van der Waals surface area contributed by atoms with Gasteiger partial charge in [-0.15, -0.1) is 0 Å². The summed E-state index contributed by atoms with van der Waals surface area (Å²) in [4.78, 5) is 38.2. The van der Waals surface area contributed by atoms with Crippen LogP contribution >= 0.6 is 0 Å². The van der Waals surface area contributed by atoms with Gasteiger partial charge in [0.2, 0.25) is 11.9 Å². The Hall–Kier alpha value is -3.76. The van der Waals surface area contributed by atoms with E-state index in [-0.39, 0.29) is 29.1 Å². The standard InChI is InChI=1S/C30H39N7O3/c1-5-25(38)35-14-16-36(17-15-35)30(12-18-40-19-13-30)23-8-6-22(7-9-23)21(4)32-29-33-27(31)24-10-11-26(39)37(20(2)3)28(24)34-29/h5-11,20-21H,1,12-19H2,2-4H3,(H3,31,32,33,34)/t21-/m0/s1. The second kappa shape index (κ2) is 11.4. The maximum Gasteiger partial charge on any atom is 0.252 e. The number of carbonyl (C=O) groups is 1. The molecule has 1 atom stereocenters. The number of amides is 1. The lowest BCUT2D eigenvalue weighted by atomic mass is 9.80. The number of piperazine rings is 1. The van der Waals surface area contributed by atoms with E-state index in [1.165, 1.54) is 17.7 Å². The SMILES string of the molecule is C=CC(=O)N1CCN(C2(c3ccc([C@H](C)Nc4nc(N)c5ccc(=O)n(C(C)C)c5n4)cc3)CCOCC2)CC1. The number of carbonyl (C=O) groups excluding carboxylic acids is 1. The predicted octanol–water partition coefficient (Wildman–Crippen LogP) is 3.46. The fourth-order valence-electron chi connectivity index (χ4n) is 6.06. The zero-order valence-electron chi connectivity index (χ0n) is 23.6. The second-order valence-corrected chi connectivity index (χ2v) is 11.0. The molecule has 1 aromatic carbocycles. The van der Waals surface area contributed by atoms with Gasteiger partial charge < -0.3 is 20.7 Å². The van der Waals surface area contributed by atoms with E-state index < -0.39 is 0 Å². The van der Waals surface area contributed by atoms with Gasteiger partial charge in [-0.25, -0.2) is 0 Å². The normalized spacial score (nSPS) is 18.6. The summed E-state index contributed by atoms with van der Waals surface area (Å²) in [5, 5.41) is 4.04. The number of nitrogens with two attached hydrogens (primary N) is 1. The van der Waals surface area contributed by atoms with Gasteiger partial charge >= 0.3 is 0 Å². The molecule has 3 aromatic rings. The molecule has 2 aromatic heterocycles. The van der Waals surface area contributed by atoms with Gasteiger partial charge in [0.25, 0.3) is 5.56 Å². The van der Waals surface area contributed by atoms with E-state index in [9.17, 15) is 9.59 Å². The summed E-state index contributed by atoms with van der Waals surface area (Å²) in [5.74, 6) is 0.714. The maximum absolute atomic E-state index is 12.5. The summed E-state index contributed by atoms with van der Waals surface area (Å²) >= 11 is 0. The number of anilines is 2. The molecule has 0 saturated carbocycles. The van der Waals surface area contributed by atoms with Crippen molar-refractivity contribution in [2.45, 2.75) is 51.2 Å². The van der Waals surface area contributed by atoms with E-state index >= 15 is 0 Å². The Morgan fingerprint density at radius 1 is 1.05 bits per heavy atom. The highest BCUT2D eigenvalue weighted by Gasteiger charge is 2.41. The Balaban J connectivity index is 1.37. The number of aromatic nitrogens is 3. The lowest BCUT2D eigenvalue weighted by Gasteiger charge is -2.50. The van der Waals surface area contributed by atoms with Crippen molar-refractivity contribution in [3.05, 3.63) is 70.5 Å². The van der Waals surface area contributed by atoms with Crippen molar-refractivity contribution < 1.29 is 9.53 Å². The molecule has 212 valence electrons. The van der Waals surface area contributed by atoms with Crippen LogP contribution in [0.25, 0.3) is 11.0 Å². The zero-order chi connectivity index (χ0) is 28.4. The van der Waals surface area contributed by atoms with Crippen LogP contribution in [0.15, 0.2) is 53.8 Å². The van der Waals surface area contributed by atoms with Gasteiger partial charge in [0.1, 0.15) is 5.82 Å². The van der Waals surface area contributed by atoms with E-state index in [0.717, 1.165) is 31.5 Å². The van der Waals surface area contributed by atoms with Crippen molar-refractivity contribution in [1.82, 2.24) is 24.3 Å². The van der Waals surface area contributed by atoms with Crippen molar-refractivity contribution in [3.63, 3.8) is 0 Å². The van der Waals surface area contributed by atoms with Crippen LogP contribution in [-0.2, 0) is 15.1 Å². The number of pyridine rings is 1. The Labute approximate surface area is 234 Å². The minimum Gasteiger partial charge on any atom is -0.383 e. The minimum absolute atomic E-state index is 0.00356. The first-order valence-corrected chi connectivity index (χ1v) is 14.0. The molecule has 10 heteroatoms. The molecule has 1 amide bonds. The van der Waals surface area contributed by atoms with E-state index in [2.05, 4.69) is 58.0 Å². The van der Waals surface area contributed by atoms with Gasteiger partial charge in [0.05, 0.1) is 17.0 Å². The third-order valence-corrected chi connectivity index (χ3v) is 8.31. The number of ether oxygens (including phenoxy) is 1. The molecule has 2 saturated heterocycles. The van der Waals surface area contributed by atoms with Crippen molar-refractivity contribution in [2.24, 2.45) is 0 Å². The van der Waals surface area contributed by atoms with Gasteiger partial charge in [0.15, 0.2) is 5.65 Å². The molecule has 0 spiro atoms. The Bertz CT molecular complexity index is 1440. The molecular weight excluding hydrogens is 506 g/mol. The van der Waals surface area contributed by atoms with Crippen LogP contribution in [0.4, 0.5) is 11.8 Å². The number of nitrogens with zero attached hydrogens (tertiary/aromatic N) is 5. The molecule has 0 bridgehead atoms. The molecule has 10 nitrogen and oxygen atoms in total. The van der Waals surface area contributed by atoms with Crippen LogP contribution in [0.1, 0.15) is 56.8 Å². The van der Waals surface area contributed by atoms with Crippen molar-refractivity contribution >= 4 is 28.7 Å². The summed E-state index contributed by atoms with van der Waals surface area (Å²) in [5.41, 5.74) is 8.90. The van der Waals surface area contributed by atoms with Crippen LogP contribution in [0.5, 0.6) is 0 Å². The lowest BCUT2D eigenvalue weighted by molar-refractivity contribution is -0.130. The van der Waals surface area contributed by atoms with Gasteiger partial charge in [0, 0.05) is 51.5 Å². The Morgan fingerprint density at radius 3 is 2.35 bits per heavy atom. The fraction of sp³-hybridized carbons (Fsp3) is 0.467. The number of nitrogen functional groups attached to an aromatic ring is 1. The highest BCUT2D eigenvalue weighted by Crippen LogP contribution is 2.39. The maximum atomic E-state index is 12.5. The highest BCUT2D eigenvalue weighted by molar-refractivity contribution is 5.87. The highest BCUT2D eigenvalue weighted by atomic mass is 16.5. The fourth-order valence-corrected chi connectivity index (χ4v) is 6.06. The lowest BCUT2D eigenvalue weighted by Crippen LogP contribution is -2.58. The number of rotatable bonds is 7. The third-order valence-electron chi connectivity index (χ3n) is 8.31. The number of nitrogens with one attached hydrogen (secondary N) is 1. The topological polar surface area (TPSA) is 119 Å². The molecule has 0 unspecified atom stereocenters. The second-order valence-electron chi connectivity index (χ2n) is 11.0. The number of hydrogen-bond acceptors (Lipinski definition) is 8. The average molecular weight is 546 g/mol. The molecule has 2 fully saturated rings. The van der Waals surface area contributed by atoms with Crippen LogP contribution in [0.3, 0.4) is 0 Å². The predicted molar refractivity (Wildman–Crippen MR) is 157 cm³/mol. The number of benzene rings is 1. The summed E-state index contributed by atoms with van der Waals surface area (Å²) in [7, 11) is 0. The van der Waals surface area contributed by atoms with Crippen LogP contribution < -0.4 is 16.6 Å². The van der Waals surface area contributed by atoms with Gasteiger partial charge in [-0.1, -0.05) is 30.8 Å². The molecular formula is C30H39N7O3. The monoisotopic (exact) mass is 545 g/mol. The first kappa shape index (κ1) is 27.8. The van der Waals surface area contributed by atoms with E-state index in [4.69, 9.17) is 10.5 Å². The average Bonchev–Trinajstić information content (AvgIpc) is 2.97. The quantitative estimate of drug-likeness (QED) is 0.434. The number of hydrogen-bond donors (Lipinski definition) is 2. The molecule has 4 heterocycles. The summed E-state index contributed by atoms with van der Waals surface area (Å²) in [6, 6.07) is 11.8. The zero-order valence-corrected chi connectivity index (χ0v) is 23.6. The largest absolute Gasteiger partial charge is 0.383 e. The molecule has 2 aliphatic rings. The van der Waals surface area contributed by atoms with Gasteiger partial charge in [-0.3, -0.25) is 19.1 Å². The summed E-state index contributed by atoms with van der Waals surface area (Å²) in [6.45, 7) is 14.1. The van der Waals surface area contributed by atoms with Gasteiger partial charge in [-0.05, 0) is 56.9 Å². The van der Waals surface area contributed by atoms with Crippen molar-refractivity contribution in [3.8, 4) is 0 Å². The molecule has 0 radical (unpaired) electrons. The van der Waals surface area contributed by atoms with E-state index in [0.29, 0.717) is 49.1 Å². The molecule has 0 aliphatic carbocycles. The molecule has 3 N–H and O–H groups in total. The Morgan fingerprint density at radius 2 is 1.73 bits per heavy atom. The molecule has 40 heavy (non-hydrogen) atoms. The van der Waals surface area contributed by atoms with Crippen molar-refractivity contribution in [1.29, 1.82) is 0 Å². The Kier molecular flexibility index (Phi) is 7.91. The van der Waals surface area contributed by atoms with Crippen LogP contribution in [0, 0.1) is 0 Å². The van der Waals surface area contributed by atoms with E-state index in [1.807, 2.05) is 18.7 Å². The summed E-state index contributed by atoms with van der Waals surface area (Å²) < 4.78 is 7.39. The van der Waals surface area contributed by atoms with Crippen LogP contribution in [-0.4, -0.2) is 69.6 Å². The van der Waals surface area contributed by atoms with Crippen LogP contribution in [0.2, 0.25) is 0 Å². The summed E-state index contributed by atoms with van der Waals surface area (Å²) in [6.07, 6.45) is 3.23. The van der Waals surface area contributed by atoms with Gasteiger partial charge in [-0.2, -0.15) is 9.97 Å².